The van der Waals surface area contributed by atoms with Gasteiger partial charge in [-0.15, -0.1) is 0 Å². The van der Waals surface area contributed by atoms with Crippen molar-refractivity contribution in [2.75, 3.05) is 0 Å². The second kappa shape index (κ2) is 4.34. The van der Waals surface area contributed by atoms with Gasteiger partial charge < -0.3 is 20.4 Å². The van der Waals surface area contributed by atoms with Crippen LogP contribution in [0.2, 0.25) is 0 Å². The van der Waals surface area contributed by atoms with Gasteiger partial charge in [0.1, 0.15) is 5.76 Å². The third-order valence-corrected chi connectivity index (χ3v) is 6.55. The normalized spacial score (nSPS) is 29.3. The fourth-order valence-corrected chi connectivity index (χ4v) is 5.49. The van der Waals surface area contributed by atoms with Crippen LogP contribution in [0.3, 0.4) is 0 Å². The van der Waals surface area contributed by atoms with E-state index in [-0.39, 0.29) is 46.4 Å². The van der Waals surface area contributed by atoms with Gasteiger partial charge in [0.05, 0.1) is 11.6 Å². The van der Waals surface area contributed by atoms with Gasteiger partial charge >= 0.3 is 0 Å². The maximum atomic E-state index is 13.0. The zero-order valence-corrected chi connectivity index (χ0v) is 14.6. The SMILES string of the molecule is CC(=N)C1=C(O)[C@@H]2[C@H]3c4c[nH]c5cccc(c45)C[C@H]3C(C)(C)N2C1=O. The lowest BCUT2D eigenvalue weighted by Gasteiger charge is -2.37. The number of aromatic nitrogens is 1. The number of hydrogen-bond acceptors (Lipinski definition) is 3. The van der Waals surface area contributed by atoms with Crippen LogP contribution in [0.25, 0.3) is 10.9 Å². The maximum absolute atomic E-state index is 13.0. The molecule has 5 rings (SSSR count). The largest absolute Gasteiger partial charge is 0.509 e. The fourth-order valence-electron chi connectivity index (χ4n) is 5.49. The first-order valence-corrected chi connectivity index (χ1v) is 8.75. The van der Waals surface area contributed by atoms with E-state index >= 15 is 0 Å². The molecule has 1 aromatic heterocycles. The van der Waals surface area contributed by atoms with Crippen molar-refractivity contribution in [3.8, 4) is 0 Å². The van der Waals surface area contributed by atoms with Gasteiger partial charge in [0.15, 0.2) is 0 Å². The summed E-state index contributed by atoms with van der Waals surface area (Å²) in [5.41, 5.74) is 3.55. The van der Waals surface area contributed by atoms with Crippen molar-refractivity contribution >= 4 is 22.5 Å². The van der Waals surface area contributed by atoms with Crippen LogP contribution in [-0.4, -0.2) is 38.2 Å². The molecule has 1 aliphatic carbocycles. The van der Waals surface area contributed by atoms with Gasteiger partial charge in [0, 0.05) is 34.3 Å². The molecule has 128 valence electrons. The first-order valence-electron chi connectivity index (χ1n) is 8.75. The van der Waals surface area contributed by atoms with Gasteiger partial charge in [-0.2, -0.15) is 0 Å². The summed E-state index contributed by atoms with van der Waals surface area (Å²) in [5.74, 6) is 0.168. The molecule has 1 saturated heterocycles. The number of benzene rings is 1. The molecule has 25 heavy (non-hydrogen) atoms. The molecule has 2 aliphatic heterocycles. The number of aliphatic hydroxyl groups is 1. The Bertz CT molecular complexity index is 998. The zero-order chi connectivity index (χ0) is 17.7. The van der Waals surface area contributed by atoms with Crippen LogP contribution in [-0.2, 0) is 11.2 Å². The van der Waals surface area contributed by atoms with E-state index in [1.54, 1.807) is 6.92 Å². The van der Waals surface area contributed by atoms with Gasteiger partial charge in [-0.1, -0.05) is 12.1 Å². The molecule has 3 N–H and O–H groups in total. The maximum Gasteiger partial charge on any atom is 0.260 e. The molecule has 2 aromatic rings. The van der Waals surface area contributed by atoms with E-state index in [2.05, 4.69) is 37.0 Å². The number of nitrogens with one attached hydrogen (secondary N) is 2. The van der Waals surface area contributed by atoms with Crippen LogP contribution < -0.4 is 0 Å². The van der Waals surface area contributed by atoms with Crippen LogP contribution in [0.1, 0.15) is 37.8 Å². The number of H-pyrrole nitrogens is 1. The van der Waals surface area contributed by atoms with Gasteiger partial charge in [0.25, 0.3) is 5.91 Å². The first-order chi connectivity index (χ1) is 11.8. The molecule has 0 bridgehead atoms. The van der Waals surface area contributed by atoms with Crippen molar-refractivity contribution in [2.45, 2.75) is 44.7 Å². The Balaban J connectivity index is 1.78. The van der Waals surface area contributed by atoms with Crippen LogP contribution in [0, 0.1) is 11.3 Å². The molecule has 0 spiro atoms. The molecule has 3 atom stereocenters. The molecule has 3 aliphatic rings. The summed E-state index contributed by atoms with van der Waals surface area (Å²) in [4.78, 5) is 18.2. The highest BCUT2D eigenvalue weighted by Crippen LogP contribution is 2.58. The Morgan fingerprint density at radius 1 is 1.40 bits per heavy atom. The Labute approximate surface area is 145 Å². The molecular formula is C20H21N3O2. The summed E-state index contributed by atoms with van der Waals surface area (Å²) in [7, 11) is 0. The van der Waals surface area contributed by atoms with E-state index < -0.39 is 0 Å². The number of carbonyl (C=O) groups excluding carboxylic acids is 1. The van der Waals surface area contributed by atoms with Gasteiger partial charge in [0.2, 0.25) is 0 Å². The third kappa shape index (κ3) is 1.54. The van der Waals surface area contributed by atoms with Crippen LogP contribution >= 0.6 is 0 Å². The first kappa shape index (κ1) is 14.8. The number of rotatable bonds is 1. The average Bonchev–Trinajstić information content (AvgIpc) is 3.14. The van der Waals surface area contributed by atoms with E-state index in [0.29, 0.717) is 0 Å². The molecule has 0 saturated carbocycles. The summed E-state index contributed by atoms with van der Waals surface area (Å²) in [6.07, 6.45) is 2.93. The molecule has 1 fully saturated rings. The number of hydrogen-bond donors (Lipinski definition) is 3. The number of nitrogens with zero attached hydrogens (tertiary/aromatic N) is 1. The minimum Gasteiger partial charge on any atom is -0.509 e. The van der Waals surface area contributed by atoms with E-state index in [0.717, 1.165) is 11.9 Å². The molecule has 0 unspecified atom stereocenters. The zero-order valence-electron chi connectivity index (χ0n) is 14.6. The predicted molar refractivity (Wildman–Crippen MR) is 96.0 cm³/mol. The second-order valence-electron chi connectivity index (χ2n) is 8.08. The Morgan fingerprint density at radius 3 is 2.88 bits per heavy atom. The number of aliphatic hydroxyl groups excluding tert-OH is 1. The van der Waals surface area contributed by atoms with Crippen molar-refractivity contribution in [3.05, 3.63) is 46.9 Å². The highest BCUT2D eigenvalue weighted by atomic mass is 16.3. The number of carbonyl (C=O) groups is 1. The van der Waals surface area contributed by atoms with Crippen molar-refractivity contribution in [3.63, 3.8) is 0 Å². The molecular weight excluding hydrogens is 314 g/mol. The Morgan fingerprint density at radius 2 is 2.16 bits per heavy atom. The van der Waals surface area contributed by atoms with E-state index in [4.69, 9.17) is 5.41 Å². The lowest BCUT2D eigenvalue weighted by atomic mass is 9.69. The topological polar surface area (TPSA) is 80.2 Å². The third-order valence-electron chi connectivity index (χ3n) is 6.55. The highest BCUT2D eigenvalue weighted by Gasteiger charge is 2.62. The minimum atomic E-state index is -0.380. The minimum absolute atomic E-state index is 0.0550. The Kier molecular flexibility index (Phi) is 2.56. The summed E-state index contributed by atoms with van der Waals surface area (Å²) >= 11 is 0. The smallest absolute Gasteiger partial charge is 0.260 e. The van der Waals surface area contributed by atoms with Crippen molar-refractivity contribution in [2.24, 2.45) is 5.92 Å². The standard InChI is InChI=1S/C20H21N3O2/c1-9(21)14-18(24)17-16-11-8-22-13-6-4-5-10(15(11)13)7-12(16)20(2,3)23(17)19(14)25/h4-6,8,12,16-17,21-22,24H,7H2,1-3H3/t12-,16+,17+/m1/s1. The average molecular weight is 335 g/mol. The number of fused-ring (bicyclic) bond motifs is 4. The predicted octanol–water partition coefficient (Wildman–Crippen LogP) is 3.28. The van der Waals surface area contributed by atoms with Gasteiger partial charge in [-0.05, 0) is 50.3 Å². The quantitative estimate of drug-likeness (QED) is 0.699. The van der Waals surface area contributed by atoms with E-state index in [1.807, 2.05) is 11.1 Å². The van der Waals surface area contributed by atoms with Crippen molar-refractivity contribution < 1.29 is 9.90 Å². The lowest BCUT2D eigenvalue weighted by molar-refractivity contribution is -0.130. The summed E-state index contributed by atoms with van der Waals surface area (Å²) in [6, 6.07) is 5.94. The van der Waals surface area contributed by atoms with E-state index in [1.165, 1.54) is 16.5 Å². The summed E-state index contributed by atoms with van der Waals surface area (Å²) in [5, 5.41) is 20.0. The van der Waals surface area contributed by atoms with Crippen LogP contribution in [0.4, 0.5) is 0 Å². The van der Waals surface area contributed by atoms with E-state index in [9.17, 15) is 9.90 Å². The molecule has 5 heteroatoms. The van der Waals surface area contributed by atoms with Gasteiger partial charge in [-0.3, -0.25) is 4.79 Å². The molecule has 3 heterocycles. The second-order valence-corrected chi connectivity index (χ2v) is 8.08. The van der Waals surface area contributed by atoms with Crippen LogP contribution in [0.15, 0.2) is 35.7 Å². The van der Waals surface area contributed by atoms with Gasteiger partial charge in [-0.25, -0.2) is 0 Å². The summed E-state index contributed by atoms with van der Waals surface area (Å²) in [6.45, 7) is 5.76. The van der Waals surface area contributed by atoms with Crippen LogP contribution in [0.5, 0.6) is 0 Å². The number of aromatic amines is 1. The molecule has 1 amide bonds. The summed E-state index contributed by atoms with van der Waals surface area (Å²) < 4.78 is 0. The molecule has 1 aromatic carbocycles. The molecule has 0 radical (unpaired) electrons. The monoisotopic (exact) mass is 335 g/mol. The van der Waals surface area contributed by atoms with Crippen molar-refractivity contribution in [1.29, 1.82) is 5.41 Å². The lowest BCUT2D eigenvalue weighted by Crippen LogP contribution is -2.47. The Hall–Kier alpha value is -2.56. The molecule has 5 nitrogen and oxygen atoms in total. The van der Waals surface area contributed by atoms with Crippen molar-refractivity contribution in [1.82, 2.24) is 9.88 Å². The fraction of sp³-hybridized carbons (Fsp3) is 0.400. The number of amides is 1. The highest BCUT2D eigenvalue weighted by molar-refractivity contribution is 6.22.